The molecule has 1 aromatic rings. The maximum atomic E-state index is 12.2. The van der Waals surface area contributed by atoms with Gasteiger partial charge in [0.15, 0.2) is 6.61 Å². The van der Waals surface area contributed by atoms with Crippen LogP contribution in [-0.4, -0.2) is 39.8 Å². The number of carbonyl (C=O) groups excluding carboxylic acids is 2. The molecule has 0 spiro atoms. The van der Waals surface area contributed by atoms with Crippen molar-refractivity contribution in [2.24, 2.45) is 0 Å². The van der Waals surface area contributed by atoms with Crippen LogP contribution in [0.15, 0.2) is 23.1 Å². The summed E-state index contributed by atoms with van der Waals surface area (Å²) in [5, 5.41) is 0. The first-order valence-electron chi connectivity index (χ1n) is 6.91. The highest BCUT2D eigenvalue weighted by atomic mass is 32.2. The molecule has 0 aromatic heterocycles. The van der Waals surface area contributed by atoms with E-state index in [1.165, 1.54) is 30.0 Å². The molecule has 7 nitrogen and oxygen atoms in total. The van der Waals surface area contributed by atoms with E-state index in [1.54, 1.807) is 6.92 Å². The Labute approximate surface area is 129 Å². The fourth-order valence-corrected chi connectivity index (χ4v) is 3.19. The number of anilines is 1. The van der Waals surface area contributed by atoms with Gasteiger partial charge in [0.05, 0.1) is 10.6 Å². The van der Waals surface area contributed by atoms with Crippen molar-refractivity contribution in [1.29, 1.82) is 0 Å². The molecule has 1 N–H and O–H groups in total. The highest BCUT2D eigenvalue weighted by molar-refractivity contribution is 7.89. The molecule has 1 heterocycles. The zero-order valence-corrected chi connectivity index (χ0v) is 13.3. The van der Waals surface area contributed by atoms with E-state index in [0.717, 1.165) is 0 Å². The lowest BCUT2D eigenvalue weighted by molar-refractivity contribution is -0.121. The molecule has 1 aliphatic rings. The Kier molecular flexibility index (Phi) is 4.82. The molecule has 1 amide bonds. The van der Waals surface area contributed by atoms with Crippen LogP contribution in [-0.2, 0) is 19.6 Å². The van der Waals surface area contributed by atoms with Gasteiger partial charge in [0, 0.05) is 19.5 Å². The summed E-state index contributed by atoms with van der Waals surface area (Å²) < 4.78 is 32.1. The number of rotatable bonds is 6. The molecule has 2 rings (SSSR count). The van der Waals surface area contributed by atoms with Gasteiger partial charge < -0.3 is 9.64 Å². The summed E-state index contributed by atoms with van der Waals surface area (Å²) in [6.45, 7) is 3.62. The number of ketones is 1. The van der Waals surface area contributed by atoms with E-state index in [2.05, 4.69) is 4.72 Å². The van der Waals surface area contributed by atoms with Crippen LogP contribution in [0.4, 0.5) is 5.69 Å². The zero-order valence-electron chi connectivity index (χ0n) is 12.5. The lowest BCUT2D eigenvalue weighted by Crippen LogP contribution is -2.38. The molecule has 8 heteroatoms. The van der Waals surface area contributed by atoms with Crippen LogP contribution in [0, 0.1) is 0 Å². The molecule has 0 radical (unpaired) electrons. The molecular formula is C14H18N2O5S. The van der Waals surface area contributed by atoms with Crippen LogP contribution < -0.4 is 14.4 Å². The van der Waals surface area contributed by atoms with Gasteiger partial charge in [0.25, 0.3) is 5.91 Å². The number of hydrogen-bond donors (Lipinski definition) is 1. The van der Waals surface area contributed by atoms with E-state index < -0.39 is 10.0 Å². The number of fused-ring (bicyclic) bond motifs is 1. The molecule has 1 aromatic carbocycles. The third-order valence-electron chi connectivity index (χ3n) is 3.27. The second-order valence-electron chi connectivity index (χ2n) is 4.91. The standard InChI is InChI=1S/C14H18N2O5S/c1-3-16-12-8-11(4-5-13(12)21-9-14(16)18)22(19,20)15-7-6-10(2)17/h4-5,8,15H,3,6-7,9H2,1-2H3. The largest absolute Gasteiger partial charge is 0.482 e. The minimum atomic E-state index is -3.73. The fraction of sp³-hybridized carbons (Fsp3) is 0.429. The lowest BCUT2D eigenvalue weighted by atomic mass is 10.2. The number of Topliss-reactive ketones (excluding diaryl/α,β-unsaturated/α-hetero) is 1. The van der Waals surface area contributed by atoms with Gasteiger partial charge in [-0.15, -0.1) is 0 Å². The number of hydrogen-bond acceptors (Lipinski definition) is 5. The van der Waals surface area contributed by atoms with Gasteiger partial charge in [-0.3, -0.25) is 9.59 Å². The Morgan fingerprint density at radius 2 is 2.14 bits per heavy atom. The highest BCUT2D eigenvalue weighted by Crippen LogP contribution is 2.33. The predicted molar refractivity (Wildman–Crippen MR) is 80.5 cm³/mol. The Morgan fingerprint density at radius 1 is 1.41 bits per heavy atom. The van der Waals surface area contributed by atoms with Crippen molar-refractivity contribution in [2.45, 2.75) is 25.2 Å². The molecular weight excluding hydrogens is 308 g/mol. The van der Waals surface area contributed by atoms with E-state index in [4.69, 9.17) is 4.74 Å². The number of amides is 1. The maximum Gasteiger partial charge on any atom is 0.265 e. The summed E-state index contributed by atoms with van der Waals surface area (Å²) in [6.07, 6.45) is 0.132. The number of ether oxygens (including phenoxy) is 1. The number of nitrogens with one attached hydrogen (secondary N) is 1. The Morgan fingerprint density at radius 3 is 2.77 bits per heavy atom. The second kappa shape index (κ2) is 6.45. The lowest BCUT2D eigenvalue weighted by Gasteiger charge is -2.28. The minimum Gasteiger partial charge on any atom is -0.482 e. The first kappa shape index (κ1) is 16.4. The van der Waals surface area contributed by atoms with Crippen molar-refractivity contribution in [1.82, 2.24) is 4.72 Å². The van der Waals surface area contributed by atoms with Crippen LogP contribution in [0.5, 0.6) is 5.75 Å². The molecule has 0 saturated carbocycles. The van der Waals surface area contributed by atoms with E-state index in [-0.39, 0.29) is 36.2 Å². The van der Waals surface area contributed by atoms with Crippen molar-refractivity contribution < 1.29 is 22.7 Å². The van der Waals surface area contributed by atoms with E-state index in [1.807, 2.05) is 0 Å². The van der Waals surface area contributed by atoms with Crippen molar-refractivity contribution >= 4 is 27.4 Å². The van der Waals surface area contributed by atoms with Crippen molar-refractivity contribution in [3.63, 3.8) is 0 Å². The Balaban J connectivity index is 2.28. The molecule has 0 saturated heterocycles. The molecule has 1 aliphatic heterocycles. The van der Waals surface area contributed by atoms with Crippen molar-refractivity contribution in [3.05, 3.63) is 18.2 Å². The highest BCUT2D eigenvalue weighted by Gasteiger charge is 2.26. The van der Waals surface area contributed by atoms with Gasteiger partial charge in [0.2, 0.25) is 10.0 Å². The summed E-state index contributed by atoms with van der Waals surface area (Å²) in [5.74, 6) is 0.169. The summed E-state index contributed by atoms with van der Waals surface area (Å²) in [7, 11) is -3.73. The number of nitrogens with zero attached hydrogens (tertiary/aromatic N) is 1. The zero-order chi connectivity index (χ0) is 16.3. The molecule has 0 bridgehead atoms. The third kappa shape index (κ3) is 3.45. The maximum absolute atomic E-state index is 12.2. The Bertz CT molecular complexity index is 699. The van der Waals surface area contributed by atoms with Gasteiger partial charge in [0.1, 0.15) is 11.5 Å². The summed E-state index contributed by atoms with van der Waals surface area (Å²) >= 11 is 0. The summed E-state index contributed by atoms with van der Waals surface area (Å²) in [5.41, 5.74) is 0.438. The number of benzene rings is 1. The van der Waals surface area contributed by atoms with Crippen molar-refractivity contribution in [2.75, 3.05) is 24.6 Å². The van der Waals surface area contributed by atoms with E-state index >= 15 is 0 Å². The smallest absolute Gasteiger partial charge is 0.265 e. The van der Waals surface area contributed by atoms with Gasteiger partial charge in [-0.25, -0.2) is 13.1 Å². The SMILES string of the molecule is CCN1C(=O)COc2ccc(S(=O)(=O)NCCC(C)=O)cc21. The topological polar surface area (TPSA) is 92.8 Å². The van der Waals surface area contributed by atoms with E-state index in [9.17, 15) is 18.0 Å². The number of likely N-dealkylation sites (N-methyl/N-ethyl adjacent to an activating group) is 1. The average molecular weight is 326 g/mol. The number of sulfonamides is 1. The number of carbonyl (C=O) groups is 2. The molecule has 0 atom stereocenters. The molecule has 120 valence electrons. The predicted octanol–water partition coefficient (Wildman–Crippen LogP) is 0.689. The second-order valence-corrected chi connectivity index (χ2v) is 6.67. The normalized spacial score (nSPS) is 14.5. The third-order valence-corrected chi connectivity index (χ3v) is 4.73. The van der Waals surface area contributed by atoms with Gasteiger partial charge in [-0.2, -0.15) is 0 Å². The van der Waals surface area contributed by atoms with Gasteiger partial charge in [-0.05, 0) is 32.0 Å². The molecule has 0 fully saturated rings. The van der Waals surface area contributed by atoms with Gasteiger partial charge >= 0.3 is 0 Å². The molecule has 0 unspecified atom stereocenters. The monoisotopic (exact) mass is 326 g/mol. The first-order chi connectivity index (χ1) is 10.3. The Hall–Kier alpha value is -1.93. The van der Waals surface area contributed by atoms with Crippen LogP contribution in [0.25, 0.3) is 0 Å². The molecule has 0 aliphatic carbocycles. The van der Waals surface area contributed by atoms with Crippen LogP contribution in [0.1, 0.15) is 20.3 Å². The van der Waals surface area contributed by atoms with Crippen LogP contribution in [0.3, 0.4) is 0 Å². The van der Waals surface area contributed by atoms with Gasteiger partial charge in [-0.1, -0.05) is 0 Å². The van der Waals surface area contributed by atoms with Crippen LogP contribution in [0.2, 0.25) is 0 Å². The van der Waals surface area contributed by atoms with E-state index in [0.29, 0.717) is 18.0 Å². The summed E-state index contributed by atoms with van der Waals surface area (Å²) in [6, 6.07) is 4.36. The quantitative estimate of drug-likeness (QED) is 0.830. The van der Waals surface area contributed by atoms with Crippen LogP contribution >= 0.6 is 0 Å². The summed E-state index contributed by atoms with van der Waals surface area (Å²) in [4.78, 5) is 24.2. The minimum absolute atomic E-state index is 0.0338. The molecule has 22 heavy (non-hydrogen) atoms. The average Bonchev–Trinajstić information content (AvgIpc) is 2.46. The fourth-order valence-electron chi connectivity index (χ4n) is 2.14. The van der Waals surface area contributed by atoms with Crippen molar-refractivity contribution in [3.8, 4) is 5.75 Å². The first-order valence-corrected chi connectivity index (χ1v) is 8.40.